The standard InChI is InChI=1S/C27H29F7N4O3S/c28-21-15-18(3-6-22(21)36-24(40)35-20-7-13-42-14-8-20)23(39)38-11-9-37(10-12-38)16-17-1-4-19(5-2-17)25(41,26(29,30)31)27(32,33)34/h1-6,15,20,41H,7-14,16H2,(H2,35,36,40). The number of urea groups is 1. The molecule has 2 heterocycles. The number of benzene rings is 2. The second kappa shape index (κ2) is 12.7. The number of thioether (sulfide) groups is 1. The van der Waals surface area contributed by atoms with Crippen LogP contribution in [0.25, 0.3) is 0 Å². The molecule has 2 aromatic carbocycles. The Morgan fingerprint density at radius 3 is 2.05 bits per heavy atom. The summed E-state index contributed by atoms with van der Waals surface area (Å²) in [5, 5.41) is 14.8. The van der Waals surface area contributed by atoms with Crippen molar-refractivity contribution < 1.29 is 45.4 Å². The molecule has 42 heavy (non-hydrogen) atoms. The van der Waals surface area contributed by atoms with Crippen LogP contribution in [-0.2, 0) is 12.1 Å². The quantitative estimate of drug-likeness (QED) is 0.390. The number of aliphatic hydroxyl groups is 1. The highest BCUT2D eigenvalue weighted by atomic mass is 32.2. The number of rotatable bonds is 6. The van der Waals surface area contributed by atoms with Gasteiger partial charge in [0.1, 0.15) is 5.82 Å². The zero-order chi connectivity index (χ0) is 30.7. The highest BCUT2D eigenvalue weighted by molar-refractivity contribution is 7.99. The Hall–Kier alpha value is -3.04. The van der Waals surface area contributed by atoms with Gasteiger partial charge < -0.3 is 20.6 Å². The summed E-state index contributed by atoms with van der Waals surface area (Å²) in [7, 11) is 0. The minimum absolute atomic E-state index is 0.0250. The van der Waals surface area contributed by atoms with Crippen molar-refractivity contribution in [3.63, 3.8) is 0 Å². The van der Waals surface area contributed by atoms with Crippen molar-refractivity contribution in [1.82, 2.24) is 15.1 Å². The maximum atomic E-state index is 14.7. The van der Waals surface area contributed by atoms with E-state index in [2.05, 4.69) is 10.6 Å². The average molecular weight is 623 g/mol. The first-order chi connectivity index (χ1) is 19.7. The van der Waals surface area contributed by atoms with E-state index in [1.165, 1.54) is 17.0 Å². The van der Waals surface area contributed by atoms with Crippen LogP contribution in [0.4, 0.5) is 41.2 Å². The Balaban J connectivity index is 1.30. The molecule has 7 nitrogen and oxygen atoms in total. The fraction of sp³-hybridized carbons (Fsp3) is 0.481. The minimum Gasteiger partial charge on any atom is -0.369 e. The number of hydrogen-bond donors (Lipinski definition) is 3. The number of alkyl halides is 6. The van der Waals surface area contributed by atoms with Gasteiger partial charge in [-0.15, -0.1) is 0 Å². The fourth-order valence-electron chi connectivity index (χ4n) is 4.82. The van der Waals surface area contributed by atoms with Crippen LogP contribution in [0.2, 0.25) is 0 Å². The van der Waals surface area contributed by atoms with Gasteiger partial charge in [0.15, 0.2) is 0 Å². The lowest BCUT2D eigenvalue weighted by molar-refractivity contribution is -0.376. The van der Waals surface area contributed by atoms with Gasteiger partial charge in [-0.2, -0.15) is 38.1 Å². The van der Waals surface area contributed by atoms with Gasteiger partial charge in [-0.1, -0.05) is 24.3 Å². The molecular weight excluding hydrogens is 593 g/mol. The highest BCUT2D eigenvalue weighted by Gasteiger charge is 2.71. The summed E-state index contributed by atoms with van der Waals surface area (Å²) in [5.41, 5.74) is -5.87. The SMILES string of the molecule is O=C(Nc1ccc(C(=O)N2CCN(Cc3ccc(C(O)(C(F)(F)F)C(F)(F)F)cc3)CC2)cc1F)NC1CCSCC1. The number of nitrogens with one attached hydrogen (secondary N) is 2. The lowest BCUT2D eigenvalue weighted by Crippen LogP contribution is -2.53. The maximum absolute atomic E-state index is 14.7. The van der Waals surface area contributed by atoms with E-state index in [9.17, 15) is 45.4 Å². The molecule has 0 unspecified atom stereocenters. The average Bonchev–Trinajstić information content (AvgIpc) is 2.93. The topological polar surface area (TPSA) is 84.9 Å². The molecule has 0 aromatic heterocycles. The van der Waals surface area contributed by atoms with Gasteiger partial charge in [0, 0.05) is 49.9 Å². The normalized spacial score (nSPS) is 17.7. The van der Waals surface area contributed by atoms with Crippen molar-refractivity contribution in [1.29, 1.82) is 0 Å². The third-order valence-electron chi connectivity index (χ3n) is 7.28. The Kier molecular flexibility index (Phi) is 9.62. The Bertz CT molecular complexity index is 1250. The number of nitrogens with zero attached hydrogens (tertiary/aromatic N) is 2. The summed E-state index contributed by atoms with van der Waals surface area (Å²) in [6.07, 6.45) is -10.3. The van der Waals surface area contributed by atoms with Gasteiger partial charge >= 0.3 is 18.4 Å². The molecule has 3 amide bonds. The summed E-state index contributed by atoms with van der Waals surface area (Å²) < 4.78 is 93.3. The monoisotopic (exact) mass is 622 g/mol. The molecule has 0 saturated carbocycles. The lowest BCUT2D eigenvalue weighted by Gasteiger charge is -2.35. The van der Waals surface area contributed by atoms with Gasteiger partial charge in [-0.05, 0) is 48.1 Å². The molecule has 2 aliphatic heterocycles. The molecule has 2 aromatic rings. The molecule has 2 fully saturated rings. The molecular formula is C27H29F7N4O3S. The molecule has 230 valence electrons. The van der Waals surface area contributed by atoms with E-state index in [1.807, 2.05) is 16.7 Å². The van der Waals surface area contributed by atoms with Crippen LogP contribution < -0.4 is 10.6 Å². The first-order valence-electron chi connectivity index (χ1n) is 13.1. The summed E-state index contributed by atoms with van der Waals surface area (Å²) in [4.78, 5) is 28.5. The van der Waals surface area contributed by atoms with E-state index in [1.54, 1.807) is 0 Å². The van der Waals surface area contributed by atoms with Crippen molar-refractivity contribution in [2.45, 2.75) is 43.4 Å². The third kappa shape index (κ3) is 7.11. The van der Waals surface area contributed by atoms with E-state index in [-0.39, 0.29) is 36.9 Å². The second-order valence-corrected chi connectivity index (χ2v) is 11.4. The number of halogens is 7. The van der Waals surface area contributed by atoms with Crippen LogP contribution in [0.3, 0.4) is 0 Å². The van der Waals surface area contributed by atoms with Gasteiger partial charge in [-0.25, -0.2) is 9.18 Å². The number of carbonyl (C=O) groups excluding carboxylic acids is 2. The first-order valence-corrected chi connectivity index (χ1v) is 14.3. The fourth-order valence-corrected chi connectivity index (χ4v) is 5.93. The molecule has 0 atom stereocenters. The number of anilines is 1. The van der Waals surface area contributed by atoms with Gasteiger partial charge in [0.2, 0.25) is 0 Å². The summed E-state index contributed by atoms with van der Waals surface area (Å²) in [6, 6.07) is 6.65. The molecule has 2 aliphatic rings. The van der Waals surface area contributed by atoms with E-state index in [0.717, 1.165) is 42.5 Å². The number of carbonyl (C=O) groups is 2. The van der Waals surface area contributed by atoms with Crippen molar-refractivity contribution in [2.75, 3.05) is 43.0 Å². The van der Waals surface area contributed by atoms with Gasteiger partial charge in [0.25, 0.3) is 11.5 Å². The van der Waals surface area contributed by atoms with Crippen LogP contribution >= 0.6 is 11.8 Å². The van der Waals surface area contributed by atoms with Crippen LogP contribution in [0.15, 0.2) is 42.5 Å². The maximum Gasteiger partial charge on any atom is 0.430 e. The molecule has 0 aliphatic carbocycles. The van der Waals surface area contributed by atoms with Crippen LogP contribution in [0, 0.1) is 5.82 Å². The van der Waals surface area contributed by atoms with Crippen molar-refractivity contribution in [2.24, 2.45) is 0 Å². The van der Waals surface area contributed by atoms with E-state index in [0.29, 0.717) is 30.8 Å². The third-order valence-corrected chi connectivity index (χ3v) is 8.33. The molecule has 4 rings (SSSR count). The molecule has 15 heteroatoms. The number of hydrogen-bond acceptors (Lipinski definition) is 5. The minimum atomic E-state index is -5.96. The number of piperazine rings is 1. The van der Waals surface area contributed by atoms with Gasteiger partial charge in [0.05, 0.1) is 5.69 Å². The predicted molar refractivity (Wildman–Crippen MR) is 143 cm³/mol. The highest BCUT2D eigenvalue weighted by Crippen LogP contribution is 2.50. The number of amides is 3. The second-order valence-electron chi connectivity index (χ2n) is 10.2. The Morgan fingerprint density at radius 2 is 1.50 bits per heavy atom. The molecule has 0 spiro atoms. The van der Waals surface area contributed by atoms with Crippen molar-refractivity contribution >= 4 is 29.4 Å². The lowest BCUT2D eigenvalue weighted by atomic mass is 9.91. The van der Waals surface area contributed by atoms with Gasteiger partial charge in [-0.3, -0.25) is 9.69 Å². The van der Waals surface area contributed by atoms with Crippen LogP contribution in [0.5, 0.6) is 0 Å². The summed E-state index contributed by atoms with van der Waals surface area (Å²) >= 11 is 1.81. The molecule has 3 N–H and O–H groups in total. The van der Waals surface area contributed by atoms with Crippen LogP contribution in [0.1, 0.15) is 34.3 Å². The predicted octanol–water partition coefficient (Wildman–Crippen LogP) is 5.11. The molecule has 0 radical (unpaired) electrons. The summed E-state index contributed by atoms with van der Waals surface area (Å²) in [5.74, 6) is 0.700. The summed E-state index contributed by atoms with van der Waals surface area (Å²) in [6.45, 7) is 1.40. The first kappa shape index (κ1) is 31.9. The smallest absolute Gasteiger partial charge is 0.369 e. The van der Waals surface area contributed by atoms with E-state index < -0.39 is 41.3 Å². The Morgan fingerprint density at radius 1 is 0.905 bits per heavy atom. The van der Waals surface area contributed by atoms with Crippen molar-refractivity contribution in [3.8, 4) is 0 Å². The van der Waals surface area contributed by atoms with Crippen LogP contribution in [-0.4, -0.2) is 82.9 Å². The molecule has 2 saturated heterocycles. The Labute approximate surface area is 241 Å². The zero-order valence-electron chi connectivity index (χ0n) is 22.2. The van der Waals surface area contributed by atoms with E-state index in [4.69, 9.17) is 0 Å². The largest absolute Gasteiger partial charge is 0.430 e. The zero-order valence-corrected chi connectivity index (χ0v) is 23.0. The van der Waals surface area contributed by atoms with E-state index >= 15 is 0 Å². The van der Waals surface area contributed by atoms with Crippen molar-refractivity contribution in [3.05, 3.63) is 65.0 Å². The molecule has 0 bridgehead atoms.